The van der Waals surface area contributed by atoms with Crippen molar-refractivity contribution in [1.82, 2.24) is 9.97 Å². The molecule has 2 saturated carbocycles. The first-order chi connectivity index (χ1) is 9.95. The molecule has 21 heavy (non-hydrogen) atoms. The Labute approximate surface area is 127 Å². The van der Waals surface area contributed by atoms with Crippen LogP contribution in [-0.4, -0.2) is 16.0 Å². The van der Waals surface area contributed by atoms with Gasteiger partial charge in [-0.15, -0.1) is 0 Å². The van der Waals surface area contributed by atoms with E-state index in [2.05, 4.69) is 31.1 Å². The third kappa shape index (κ3) is 2.72. The highest BCUT2D eigenvalue weighted by Crippen LogP contribution is 2.49. The fraction of sp³-hybridized carbons (Fsp3) is 0.765. The van der Waals surface area contributed by atoms with Crippen LogP contribution in [0, 0.1) is 24.7 Å². The summed E-state index contributed by atoms with van der Waals surface area (Å²) >= 11 is 0. The number of hydrogen-bond donors (Lipinski definition) is 2. The molecular weight excluding hydrogens is 260 g/mol. The summed E-state index contributed by atoms with van der Waals surface area (Å²) in [6.45, 7) is 8.52. The lowest BCUT2D eigenvalue weighted by atomic mass is 9.84. The number of fused-ring (bicyclic) bond motifs is 2. The van der Waals surface area contributed by atoms with Crippen molar-refractivity contribution >= 4 is 11.6 Å². The number of anilines is 2. The van der Waals surface area contributed by atoms with Gasteiger partial charge in [-0.2, -0.15) is 0 Å². The van der Waals surface area contributed by atoms with Gasteiger partial charge in [0.1, 0.15) is 17.5 Å². The molecule has 116 valence electrons. The predicted molar refractivity (Wildman–Crippen MR) is 87.3 cm³/mol. The third-order valence-electron chi connectivity index (χ3n) is 5.52. The molecule has 0 amide bonds. The van der Waals surface area contributed by atoms with E-state index < -0.39 is 0 Å². The van der Waals surface area contributed by atoms with Crippen molar-refractivity contribution in [3.05, 3.63) is 11.4 Å². The number of nitrogens with one attached hydrogen (secondary N) is 1. The molecule has 1 heterocycles. The van der Waals surface area contributed by atoms with Gasteiger partial charge in [-0.05, 0) is 50.9 Å². The SMILES string of the molecule is Cc1c(N)nc(C(C)C)nc1NC(C)C1CC2CCC1C2. The molecular formula is C17H28N4. The lowest BCUT2D eigenvalue weighted by Gasteiger charge is -2.29. The number of nitrogen functional groups attached to an aromatic ring is 1. The summed E-state index contributed by atoms with van der Waals surface area (Å²) in [4.78, 5) is 9.11. The van der Waals surface area contributed by atoms with Crippen LogP contribution >= 0.6 is 0 Å². The van der Waals surface area contributed by atoms with Crippen LogP contribution in [0.5, 0.6) is 0 Å². The van der Waals surface area contributed by atoms with Crippen molar-refractivity contribution in [3.8, 4) is 0 Å². The smallest absolute Gasteiger partial charge is 0.135 e. The van der Waals surface area contributed by atoms with E-state index in [0.717, 1.165) is 35.0 Å². The second-order valence-electron chi connectivity index (χ2n) is 7.37. The van der Waals surface area contributed by atoms with Gasteiger partial charge in [-0.1, -0.05) is 20.3 Å². The van der Waals surface area contributed by atoms with Crippen LogP contribution in [0.15, 0.2) is 0 Å². The first-order valence-corrected chi connectivity index (χ1v) is 8.36. The summed E-state index contributed by atoms with van der Waals surface area (Å²) in [5.41, 5.74) is 7.04. The van der Waals surface area contributed by atoms with Crippen LogP contribution in [0.4, 0.5) is 11.6 Å². The van der Waals surface area contributed by atoms with E-state index in [4.69, 9.17) is 10.7 Å². The Morgan fingerprint density at radius 2 is 1.90 bits per heavy atom. The van der Waals surface area contributed by atoms with E-state index in [1.807, 2.05) is 6.92 Å². The molecule has 4 unspecified atom stereocenters. The highest BCUT2D eigenvalue weighted by molar-refractivity contribution is 5.55. The Morgan fingerprint density at radius 3 is 2.48 bits per heavy atom. The second-order valence-corrected chi connectivity index (χ2v) is 7.37. The number of nitrogens with zero attached hydrogens (tertiary/aromatic N) is 2. The van der Waals surface area contributed by atoms with Crippen molar-refractivity contribution in [2.24, 2.45) is 17.8 Å². The van der Waals surface area contributed by atoms with Crippen molar-refractivity contribution < 1.29 is 0 Å². The Morgan fingerprint density at radius 1 is 1.14 bits per heavy atom. The van der Waals surface area contributed by atoms with Gasteiger partial charge in [0, 0.05) is 17.5 Å². The van der Waals surface area contributed by atoms with Gasteiger partial charge in [0.05, 0.1) is 0 Å². The van der Waals surface area contributed by atoms with Crippen LogP contribution in [0.3, 0.4) is 0 Å². The van der Waals surface area contributed by atoms with E-state index in [-0.39, 0.29) is 0 Å². The summed E-state index contributed by atoms with van der Waals surface area (Å²) in [6, 6.07) is 0.466. The molecule has 0 radical (unpaired) electrons. The molecule has 0 aliphatic heterocycles. The molecule has 0 saturated heterocycles. The van der Waals surface area contributed by atoms with Gasteiger partial charge >= 0.3 is 0 Å². The lowest BCUT2D eigenvalue weighted by Crippen LogP contribution is -2.31. The minimum Gasteiger partial charge on any atom is -0.383 e. The molecule has 1 aromatic rings. The molecule has 4 heteroatoms. The summed E-state index contributed by atoms with van der Waals surface area (Å²) in [6.07, 6.45) is 5.70. The van der Waals surface area contributed by atoms with Crippen molar-refractivity contribution in [2.45, 2.75) is 65.3 Å². The molecule has 1 aromatic heterocycles. The van der Waals surface area contributed by atoms with Crippen LogP contribution in [0.2, 0.25) is 0 Å². The molecule has 2 bridgehead atoms. The molecule has 3 rings (SSSR count). The number of hydrogen-bond acceptors (Lipinski definition) is 4. The quantitative estimate of drug-likeness (QED) is 0.886. The minimum absolute atomic E-state index is 0.297. The third-order valence-corrected chi connectivity index (χ3v) is 5.52. The number of aromatic nitrogens is 2. The number of rotatable bonds is 4. The normalized spacial score (nSPS) is 29.1. The summed E-state index contributed by atoms with van der Waals surface area (Å²) in [5, 5.41) is 3.64. The molecule has 0 aromatic carbocycles. The lowest BCUT2D eigenvalue weighted by molar-refractivity contribution is 0.304. The topological polar surface area (TPSA) is 63.8 Å². The van der Waals surface area contributed by atoms with Gasteiger partial charge in [-0.3, -0.25) is 0 Å². The summed E-state index contributed by atoms with van der Waals surface area (Å²) in [5.74, 6) is 5.36. The highest BCUT2D eigenvalue weighted by atomic mass is 15.1. The zero-order valence-electron chi connectivity index (χ0n) is 13.7. The Bertz CT molecular complexity index is 526. The van der Waals surface area contributed by atoms with Gasteiger partial charge in [0.15, 0.2) is 0 Å². The predicted octanol–water partition coefficient (Wildman–Crippen LogP) is 3.73. The molecule has 4 nitrogen and oxygen atoms in total. The Kier molecular flexibility index (Phi) is 3.80. The molecule has 2 fully saturated rings. The highest BCUT2D eigenvalue weighted by Gasteiger charge is 2.41. The Balaban J connectivity index is 1.77. The van der Waals surface area contributed by atoms with E-state index in [1.54, 1.807) is 0 Å². The van der Waals surface area contributed by atoms with Crippen molar-refractivity contribution in [1.29, 1.82) is 0 Å². The maximum atomic E-state index is 6.06. The van der Waals surface area contributed by atoms with Crippen LogP contribution in [0.25, 0.3) is 0 Å². The monoisotopic (exact) mass is 288 g/mol. The molecule has 3 N–H and O–H groups in total. The second kappa shape index (κ2) is 5.47. The standard InChI is InChI=1S/C17H28N4/c1-9(2)16-20-15(18)10(3)17(21-16)19-11(4)14-8-12-5-6-13(14)7-12/h9,11-14H,5-8H2,1-4H3,(H3,18,19,20,21). The van der Waals surface area contributed by atoms with Crippen LogP contribution in [0.1, 0.15) is 63.8 Å². The average Bonchev–Trinajstić information content (AvgIpc) is 3.05. The van der Waals surface area contributed by atoms with E-state index in [1.165, 1.54) is 25.7 Å². The molecule has 2 aliphatic rings. The largest absolute Gasteiger partial charge is 0.383 e. The molecule has 2 aliphatic carbocycles. The molecule has 4 atom stereocenters. The zero-order valence-corrected chi connectivity index (χ0v) is 13.7. The van der Waals surface area contributed by atoms with Crippen molar-refractivity contribution in [3.63, 3.8) is 0 Å². The summed E-state index contributed by atoms with van der Waals surface area (Å²) in [7, 11) is 0. The van der Waals surface area contributed by atoms with E-state index in [9.17, 15) is 0 Å². The minimum atomic E-state index is 0.297. The molecule has 0 spiro atoms. The summed E-state index contributed by atoms with van der Waals surface area (Å²) < 4.78 is 0. The van der Waals surface area contributed by atoms with Crippen LogP contribution in [-0.2, 0) is 0 Å². The van der Waals surface area contributed by atoms with Gasteiger partial charge < -0.3 is 11.1 Å². The van der Waals surface area contributed by atoms with Gasteiger partial charge in [0.25, 0.3) is 0 Å². The first kappa shape index (κ1) is 14.6. The van der Waals surface area contributed by atoms with Crippen LogP contribution < -0.4 is 11.1 Å². The zero-order chi connectivity index (χ0) is 15.1. The van der Waals surface area contributed by atoms with Gasteiger partial charge in [0.2, 0.25) is 0 Å². The number of nitrogens with two attached hydrogens (primary N) is 1. The fourth-order valence-electron chi connectivity index (χ4n) is 4.18. The fourth-order valence-corrected chi connectivity index (χ4v) is 4.18. The maximum absolute atomic E-state index is 6.06. The maximum Gasteiger partial charge on any atom is 0.135 e. The van der Waals surface area contributed by atoms with E-state index >= 15 is 0 Å². The Hall–Kier alpha value is -1.32. The first-order valence-electron chi connectivity index (χ1n) is 8.36. The van der Waals surface area contributed by atoms with E-state index in [0.29, 0.717) is 17.8 Å². The average molecular weight is 288 g/mol. The van der Waals surface area contributed by atoms with Crippen molar-refractivity contribution in [2.75, 3.05) is 11.1 Å². The van der Waals surface area contributed by atoms with Gasteiger partial charge in [-0.25, -0.2) is 9.97 Å².